The first-order valence-electron chi connectivity index (χ1n) is 9.06. The van der Waals surface area contributed by atoms with Crippen molar-refractivity contribution in [1.82, 2.24) is 4.90 Å². The number of likely N-dealkylation sites (tertiary alicyclic amines) is 1. The van der Waals surface area contributed by atoms with E-state index in [1.807, 2.05) is 12.1 Å². The van der Waals surface area contributed by atoms with Crippen molar-refractivity contribution < 1.29 is 22.7 Å². The number of ether oxygens (including phenoxy) is 1. The second-order valence-electron chi connectivity index (χ2n) is 7.19. The number of nitrogens with zero attached hydrogens (tertiary/aromatic N) is 2. The van der Waals surface area contributed by atoms with Crippen LogP contribution in [0.2, 0.25) is 0 Å². The summed E-state index contributed by atoms with van der Waals surface area (Å²) in [6.07, 6.45) is 2.15. The normalized spacial score (nSPS) is 15.7. The number of benzene rings is 1. The minimum absolute atomic E-state index is 0.200. The Morgan fingerprint density at radius 1 is 1.19 bits per heavy atom. The van der Waals surface area contributed by atoms with Crippen molar-refractivity contribution in [3.63, 3.8) is 0 Å². The van der Waals surface area contributed by atoms with E-state index in [4.69, 9.17) is 4.74 Å². The van der Waals surface area contributed by atoms with Crippen LogP contribution in [0.3, 0.4) is 0 Å². The third kappa shape index (κ3) is 5.45. The maximum Gasteiger partial charge on any atom is 0.308 e. The highest BCUT2D eigenvalue weighted by atomic mass is 32.2. The van der Waals surface area contributed by atoms with E-state index >= 15 is 0 Å². The molecule has 7 nitrogen and oxygen atoms in total. The summed E-state index contributed by atoms with van der Waals surface area (Å²) in [7, 11) is -2.25. The average molecular weight is 397 g/mol. The van der Waals surface area contributed by atoms with Crippen LogP contribution in [-0.2, 0) is 24.3 Å². The lowest BCUT2D eigenvalue weighted by Gasteiger charge is -2.32. The molecule has 27 heavy (non-hydrogen) atoms. The number of carbonyl (C=O) groups is 2. The zero-order valence-corrected chi connectivity index (χ0v) is 17.2. The molecule has 2 rings (SSSR count). The van der Waals surface area contributed by atoms with Crippen molar-refractivity contribution in [2.45, 2.75) is 32.6 Å². The van der Waals surface area contributed by atoms with Gasteiger partial charge in [-0.05, 0) is 36.5 Å². The predicted octanol–water partition coefficient (Wildman–Crippen LogP) is 1.99. The predicted molar refractivity (Wildman–Crippen MR) is 104 cm³/mol. The largest absolute Gasteiger partial charge is 0.469 e. The molecule has 1 saturated heterocycles. The Labute approximate surface area is 161 Å². The third-order valence-corrected chi connectivity index (χ3v) is 6.05. The molecule has 1 fully saturated rings. The first-order chi connectivity index (χ1) is 12.6. The third-order valence-electron chi connectivity index (χ3n) is 4.91. The van der Waals surface area contributed by atoms with Crippen LogP contribution in [0.15, 0.2) is 24.3 Å². The molecular formula is C19H28N2O5S. The number of carbonyl (C=O) groups excluding carboxylic acids is 2. The highest BCUT2D eigenvalue weighted by Gasteiger charge is 2.30. The lowest BCUT2D eigenvalue weighted by Crippen LogP contribution is -2.46. The molecule has 0 aliphatic carbocycles. The molecule has 0 aromatic heterocycles. The summed E-state index contributed by atoms with van der Waals surface area (Å²) < 4.78 is 30.4. The van der Waals surface area contributed by atoms with E-state index in [0.29, 0.717) is 37.5 Å². The van der Waals surface area contributed by atoms with Crippen LogP contribution in [0.5, 0.6) is 0 Å². The first kappa shape index (κ1) is 21.2. The van der Waals surface area contributed by atoms with Gasteiger partial charge in [0.2, 0.25) is 15.9 Å². The number of piperidine rings is 1. The molecule has 1 aromatic carbocycles. The highest BCUT2D eigenvalue weighted by molar-refractivity contribution is 7.92. The molecule has 1 amide bonds. The fourth-order valence-electron chi connectivity index (χ4n) is 3.18. The van der Waals surface area contributed by atoms with Gasteiger partial charge in [0.1, 0.15) is 6.54 Å². The number of rotatable bonds is 6. The Kier molecular flexibility index (Phi) is 6.86. The van der Waals surface area contributed by atoms with Crippen LogP contribution >= 0.6 is 0 Å². The Bertz CT molecular complexity index is 766. The van der Waals surface area contributed by atoms with E-state index in [1.54, 1.807) is 17.0 Å². The molecule has 0 radical (unpaired) electrons. The molecule has 0 spiro atoms. The summed E-state index contributed by atoms with van der Waals surface area (Å²) in [5, 5.41) is 0. The van der Waals surface area contributed by atoms with Crippen molar-refractivity contribution in [3.05, 3.63) is 29.8 Å². The van der Waals surface area contributed by atoms with Crippen LogP contribution < -0.4 is 4.31 Å². The van der Waals surface area contributed by atoms with Gasteiger partial charge >= 0.3 is 5.97 Å². The number of amides is 1. The van der Waals surface area contributed by atoms with E-state index < -0.39 is 10.0 Å². The molecule has 0 atom stereocenters. The van der Waals surface area contributed by atoms with Crippen molar-refractivity contribution in [1.29, 1.82) is 0 Å². The fraction of sp³-hybridized carbons (Fsp3) is 0.579. The van der Waals surface area contributed by atoms with Gasteiger partial charge in [0.25, 0.3) is 0 Å². The quantitative estimate of drug-likeness (QED) is 0.687. The van der Waals surface area contributed by atoms with Crippen LogP contribution in [-0.4, -0.2) is 58.2 Å². The molecule has 150 valence electrons. The van der Waals surface area contributed by atoms with Gasteiger partial charge in [-0.25, -0.2) is 8.42 Å². The molecule has 0 N–H and O–H groups in total. The Morgan fingerprint density at radius 2 is 1.74 bits per heavy atom. The van der Waals surface area contributed by atoms with Crippen molar-refractivity contribution in [3.8, 4) is 0 Å². The van der Waals surface area contributed by atoms with Gasteiger partial charge in [-0.1, -0.05) is 26.0 Å². The molecule has 1 aliphatic heterocycles. The van der Waals surface area contributed by atoms with E-state index in [0.717, 1.165) is 16.1 Å². The minimum Gasteiger partial charge on any atom is -0.469 e. The summed E-state index contributed by atoms with van der Waals surface area (Å²) in [5.41, 5.74) is 1.57. The van der Waals surface area contributed by atoms with Crippen molar-refractivity contribution >= 4 is 27.6 Å². The standard InChI is InChI=1S/C19H28N2O5S/c1-14(2)15-5-7-17(8-6-15)21(27(4,24)25)13-18(22)20-11-9-16(10-12-20)19(23)26-3/h5-8,14,16H,9-13H2,1-4H3. The van der Waals surface area contributed by atoms with Crippen molar-refractivity contribution in [2.24, 2.45) is 5.92 Å². The zero-order chi connectivity index (χ0) is 20.2. The molecular weight excluding hydrogens is 368 g/mol. The Balaban J connectivity index is 2.08. The summed E-state index contributed by atoms with van der Waals surface area (Å²) in [4.78, 5) is 25.9. The monoisotopic (exact) mass is 396 g/mol. The lowest BCUT2D eigenvalue weighted by molar-refractivity contribution is -0.148. The van der Waals surface area contributed by atoms with Crippen LogP contribution in [0.25, 0.3) is 0 Å². The van der Waals surface area contributed by atoms with E-state index in [2.05, 4.69) is 13.8 Å². The topological polar surface area (TPSA) is 84.0 Å². The van der Waals surface area contributed by atoms with Gasteiger partial charge in [-0.15, -0.1) is 0 Å². The van der Waals surface area contributed by atoms with Gasteiger partial charge < -0.3 is 9.64 Å². The second kappa shape index (κ2) is 8.73. The molecule has 1 aromatic rings. The fourth-order valence-corrected chi connectivity index (χ4v) is 4.03. The van der Waals surface area contributed by atoms with Crippen LogP contribution in [0.4, 0.5) is 5.69 Å². The molecule has 0 bridgehead atoms. The summed E-state index contributed by atoms with van der Waals surface area (Å²) in [5.74, 6) is -0.390. The number of methoxy groups -OCH3 is 1. The van der Waals surface area contributed by atoms with Crippen LogP contribution in [0.1, 0.15) is 38.2 Å². The van der Waals surface area contributed by atoms with Gasteiger partial charge in [0, 0.05) is 13.1 Å². The molecule has 1 heterocycles. The van der Waals surface area contributed by atoms with E-state index in [1.165, 1.54) is 7.11 Å². The highest BCUT2D eigenvalue weighted by Crippen LogP contribution is 2.23. The summed E-state index contributed by atoms with van der Waals surface area (Å²) in [6, 6.07) is 7.22. The summed E-state index contributed by atoms with van der Waals surface area (Å²) in [6.45, 7) is 4.71. The van der Waals surface area contributed by atoms with E-state index in [9.17, 15) is 18.0 Å². The molecule has 1 aliphatic rings. The lowest BCUT2D eigenvalue weighted by atomic mass is 9.97. The molecule has 8 heteroatoms. The first-order valence-corrected chi connectivity index (χ1v) is 10.9. The van der Waals surface area contributed by atoms with Crippen LogP contribution in [0, 0.1) is 5.92 Å². The van der Waals surface area contributed by atoms with Gasteiger partial charge in [-0.2, -0.15) is 0 Å². The minimum atomic E-state index is -3.60. The maximum atomic E-state index is 12.7. The maximum absolute atomic E-state index is 12.7. The number of hydrogen-bond acceptors (Lipinski definition) is 5. The number of sulfonamides is 1. The Hall–Kier alpha value is -2.09. The van der Waals surface area contributed by atoms with Gasteiger partial charge in [-0.3, -0.25) is 13.9 Å². The summed E-state index contributed by atoms with van der Waals surface area (Å²) >= 11 is 0. The molecule has 0 unspecified atom stereocenters. The smallest absolute Gasteiger partial charge is 0.308 e. The van der Waals surface area contributed by atoms with Gasteiger partial charge in [0.15, 0.2) is 0 Å². The number of hydrogen-bond donors (Lipinski definition) is 0. The van der Waals surface area contributed by atoms with Gasteiger partial charge in [0.05, 0.1) is 25.0 Å². The number of anilines is 1. The van der Waals surface area contributed by atoms with Crippen molar-refractivity contribution in [2.75, 3.05) is 37.3 Å². The zero-order valence-electron chi connectivity index (χ0n) is 16.3. The molecule has 0 saturated carbocycles. The Morgan fingerprint density at radius 3 is 2.19 bits per heavy atom. The van der Waals surface area contributed by atoms with E-state index in [-0.39, 0.29) is 24.3 Å². The SMILES string of the molecule is COC(=O)C1CCN(C(=O)CN(c2ccc(C(C)C)cc2)S(C)(=O)=O)CC1. The second-order valence-corrected chi connectivity index (χ2v) is 9.10. The average Bonchev–Trinajstić information content (AvgIpc) is 2.64. The number of esters is 1.